The molecule has 1 aromatic rings. The highest BCUT2D eigenvalue weighted by molar-refractivity contribution is 5.36. The Morgan fingerprint density at radius 2 is 1.90 bits per heavy atom. The van der Waals surface area contributed by atoms with Gasteiger partial charge in [0, 0.05) is 24.8 Å². The average Bonchev–Trinajstić information content (AvgIpc) is 2.44. The third kappa shape index (κ3) is 7.49. The summed E-state index contributed by atoms with van der Waals surface area (Å²) in [5.74, 6) is 1.65. The summed E-state index contributed by atoms with van der Waals surface area (Å²) in [6.45, 7) is 11.1. The normalized spacial score (nSPS) is 11.4. The highest BCUT2D eigenvalue weighted by Crippen LogP contribution is 2.21. The predicted octanol–water partition coefficient (Wildman–Crippen LogP) is 4.15. The first-order valence-corrected chi connectivity index (χ1v) is 7.99. The smallest absolute Gasteiger partial charge is 0.124 e. The van der Waals surface area contributed by atoms with E-state index in [0.29, 0.717) is 12.6 Å². The van der Waals surface area contributed by atoms with E-state index in [1.807, 2.05) is 6.07 Å². The molecule has 0 fully saturated rings. The van der Waals surface area contributed by atoms with Gasteiger partial charge < -0.3 is 14.8 Å². The molecule has 0 aliphatic rings. The maximum absolute atomic E-state index is 5.79. The molecule has 0 atom stereocenters. The maximum Gasteiger partial charge on any atom is 0.124 e. The van der Waals surface area contributed by atoms with E-state index >= 15 is 0 Å². The summed E-state index contributed by atoms with van der Waals surface area (Å²) in [5, 5.41) is 3.43. The molecule has 120 valence electrons. The van der Waals surface area contributed by atoms with Crippen LogP contribution in [-0.2, 0) is 17.9 Å². The molecule has 0 saturated carbocycles. The molecular weight excluding hydrogens is 262 g/mol. The number of hydrogen-bond acceptors (Lipinski definition) is 3. The first-order valence-electron chi connectivity index (χ1n) is 7.99. The monoisotopic (exact) mass is 293 g/mol. The molecule has 1 N–H and O–H groups in total. The fraction of sp³-hybridized carbons (Fsp3) is 0.667. The molecule has 0 spiro atoms. The van der Waals surface area contributed by atoms with Gasteiger partial charge in [0.25, 0.3) is 0 Å². The molecule has 1 rings (SSSR count). The van der Waals surface area contributed by atoms with Crippen LogP contribution in [0.15, 0.2) is 18.2 Å². The molecule has 0 unspecified atom stereocenters. The number of nitrogens with one attached hydrogen (secondary N) is 1. The van der Waals surface area contributed by atoms with Crippen LogP contribution >= 0.6 is 0 Å². The van der Waals surface area contributed by atoms with Crippen molar-refractivity contribution in [2.24, 2.45) is 5.92 Å². The Morgan fingerprint density at radius 3 is 2.52 bits per heavy atom. The van der Waals surface area contributed by atoms with Gasteiger partial charge in [0.1, 0.15) is 5.75 Å². The van der Waals surface area contributed by atoms with Gasteiger partial charge in [-0.3, -0.25) is 0 Å². The van der Waals surface area contributed by atoms with Crippen LogP contribution in [0.1, 0.15) is 51.7 Å². The standard InChI is InChI=1S/C18H31NO2/c1-14(2)7-6-10-21-13-17-11-16(12-19-15(3)4)8-9-18(17)20-5/h8-9,11,14-15,19H,6-7,10,12-13H2,1-5H3. The number of hydrogen-bond donors (Lipinski definition) is 1. The van der Waals surface area contributed by atoms with Crippen molar-refractivity contribution in [2.45, 2.75) is 59.7 Å². The average molecular weight is 293 g/mol. The second-order valence-electron chi connectivity index (χ2n) is 6.27. The van der Waals surface area contributed by atoms with Crippen molar-refractivity contribution in [3.05, 3.63) is 29.3 Å². The lowest BCUT2D eigenvalue weighted by atomic mass is 10.1. The summed E-state index contributed by atoms with van der Waals surface area (Å²) in [4.78, 5) is 0. The van der Waals surface area contributed by atoms with Crippen LogP contribution in [0.5, 0.6) is 5.75 Å². The second-order valence-corrected chi connectivity index (χ2v) is 6.27. The zero-order chi connectivity index (χ0) is 15.7. The molecular formula is C18H31NO2. The van der Waals surface area contributed by atoms with Crippen molar-refractivity contribution in [3.63, 3.8) is 0 Å². The molecule has 3 heteroatoms. The molecule has 0 heterocycles. The number of methoxy groups -OCH3 is 1. The summed E-state index contributed by atoms with van der Waals surface area (Å²) >= 11 is 0. The van der Waals surface area contributed by atoms with Crippen molar-refractivity contribution in [1.82, 2.24) is 5.32 Å². The van der Waals surface area contributed by atoms with Crippen molar-refractivity contribution in [3.8, 4) is 5.75 Å². The summed E-state index contributed by atoms with van der Waals surface area (Å²) in [7, 11) is 1.71. The predicted molar refractivity (Wildman–Crippen MR) is 88.7 cm³/mol. The third-order valence-electron chi connectivity index (χ3n) is 3.39. The van der Waals surface area contributed by atoms with Gasteiger partial charge in [-0.25, -0.2) is 0 Å². The van der Waals surface area contributed by atoms with E-state index in [9.17, 15) is 0 Å². The molecule has 0 saturated heterocycles. The lowest BCUT2D eigenvalue weighted by Gasteiger charge is -2.13. The van der Waals surface area contributed by atoms with Crippen molar-refractivity contribution in [2.75, 3.05) is 13.7 Å². The van der Waals surface area contributed by atoms with Gasteiger partial charge in [0.2, 0.25) is 0 Å². The van der Waals surface area contributed by atoms with E-state index < -0.39 is 0 Å². The van der Waals surface area contributed by atoms with Gasteiger partial charge in [0.15, 0.2) is 0 Å². The summed E-state index contributed by atoms with van der Waals surface area (Å²) in [6, 6.07) is 6.81. The Kier molecular flexibility index (Phi) is 8.40. The van der Waals surface area contributed by atoms with E-state index in [1.165, 1.54) is 12.0 Å². The van der Waals surface area contributed by atoms with Crippen LogP contribution in [0, 0.1) is 5.92 Å². The van der Waals surface area contributed by atoms with Crippen molar-refractivity contribution < 1.29 is 9.47 Å². The zero-order valence-electron chi connectivity index (χ0n) is 14.2. The van der Waals surface area contributed by atoms with E-state index in [0.717, 1.165) is 36.8 Å². The third-order valence-corrected chi connectivity index (χ3v) is 3.39. The minimum atomic E-state index is 0.489. The van der Waals surface area contributed by atoms with Crippen LogP contribution in [0.2, 0.25) is 0 Å². The lowest BCUT2D eigenvalue weighted by Crippen LogP contribution is -2.21. The van der Waals surface area contributed by atoms with E-state index in [4.69, 9.17) is 9.47 Å². The van der Waals surface area contributed by atoms with Gasteiger partial charge in [-0.05, 0) is 36.5 Å². The van der Waals surface area contributed by atoms with E-state index in [1.54, 1.807) is 7.11 Å². The molecule has 0 amide bonds. The first kappa shape index (κ1) is 18.0. The largest absolute Gasteiger partial charge is 0.496 e. The molecule has 0 radical (unpaired) electrons. The van der Waals surface area contributed by atoms with E-state index in [-0.39, 0.29) is 0 Å². The number of ether oxygens (including phenoxy) is 2. The Bertz CT molecular complexity index is 402. The molecule has 0 bridgehead atoms. The summed E-state index contributed by atoms with van der Waals surface area (Å²) in [6.07, 6.45) is 2.34. The Morgan fingerprint density at radius 1 is 1.14 bits per heavy atom. The molecule has 21 heavy (non-hydrogen) atoms. The highest BCUT2D eigenvalue weighted by Gasteiger charge is 2.06. The SMILES string of the molecule is COc1ccc(CNC(C)C)cc1COCCCC(C)C. The van der Waals surface area contributed by atoms with Crippen LogP contribution in [0.3, 0.4) is 0 Å². The lowest BCUT2D eigenvalue weighted by molar-refractivity contribution is 0.113. The molecule has 1 aromatic carbocycles. The Balaban J connectivity index is 2.51. The second kappa shape index (κ2) is 9.80. The zero-order valence-corrected chi connectivity index (χ0v) is 14.2. The Labute approximate surface area is 130 Å². The molecule has 0 aliphatic carbocycles. The molecule has 0 aliphatic heterocycles. The number of benzene rings is 1. The first-order chi connectivity index (χ1) is 10.0. The minimum Gasteiger partial charge on any atom is -0.496 e. The fourth-order valence-electron chi connectivity index (χ4n) is 2.15. The van der Waals surface area contributed by atoms with Crippen molar-refractivity contribution in [1.29, 1.82) is 0 Å². The van der Waals surface area contributed by atoms with Crippen molar-refractivity contribution >= 4 is 0 Å². The highest BCUT2D eigenvalue weighted by atomic mass is 16.5. The van der Waals surface area contributed by atoms with Gasteiger partial charge >= 0.3 is 0 Å². The van der Waals surface area contributed by atoms with Gasteiger partial charge in [-0.15, -0.1) is 0 Å². The molecule has 0 aromatic heterocycles. The van der Waals surface area contributed by atoms with Crippen LogP contribution in [-0.4, -0.2) is 19.8 Å². The quantitative estimate of drug-likeness (QED) is 0.657. The van der Waals surface area contributed by atoms with Gasteiger partial charge in [-0.2, -0.15) is 0 Å². The number of rotatable bonds is 10. The molecule has 3 nitrogen and oxygen atoms in total. The maximum atomic E-state index is 5.79. The summed E-state index contributed by atoms with van der Waals surface area (Å²) in [5.41, 5.74) is 2.40. The topological polar surface area (TPSA) is 30.5 Å². The minimum absolute atomic E-state index is 0.489. The van der Waals surface area contributed by atoms with Crippen LogP contribution in [0.4, 0.5) is 0 Å². The van der Waals surface area contributed by atoms with Gasteiger partial charge in [0.05, 0.1) is 13.7 Å². The Hall–Kier alpha value is -1.06. The van der Waals surface area contributed by atoms with Crippen LogP contribution in [0.25, 0.3) is 0 Å². The van der Waals surface area contributed by atoms with Gasteiger partial charge in [-0.1, -0.05) is 33.8 Å². The van der Waals surface area contributed by atoms with Crippen LogP contribution < -0.4 is 10.1 Å². The summed E-state index contributed by atoms with van der Waals surface area (Å²) < 4.78 is 11.2. The fourth-order valence-corrected chi connectivity index (χ4v) is 2.15. The van der Waals surface area contributed by atoms with E-state index in [2.05, 4.69) is 45.1 Å².